The first-order chi connectivity index (χ1) is 16.0. The van der Waals surface area contributed by atoms with E-state index in [0.717, 1.165) is 5.69 Å². The largest absolute Gasteiger partial charge is 0.354 e. The van der Waals surface area contributed by atoms with E-state index in [1.165, 1.54) is 16.3 Å². The topological polar surface area (TPSA) is 39.5 Å². The van der Waals surface area contributed by atoms with Crippen LogP contribution in [0.1, 0.15) is 12.5 Å². The van der Waals surface area contributed by atoms with Crippen molar-refractivity contribution >= 4 is 39.7 Å². The Labute approximate surface area is 203 Å². The maximum atomic E-state index is 6.78. The summed E-state index contributed by atoms with van der Waals surface area (Å²) in [6, 6.07) is 20.5. The second-order valence-electron chi connectivity index (χ2n) is 8.41. The van der Waals surface area contributed by atoms with Crippen LogP contribution in [0.25, 0.3) is 10.8 Å². The summed E-state index contributed by atoms with van der Waals surface area (Å²) in [6.45, 7) is 4.55. The predicted octanol–water partition coefficient (Wildman–Crippen LogP) is 6.14. The quantitative estimate of drug-likeness (QED) is 0.317. The summed E-state index contributed by atoms with van der Waals surface area (Å²) in [6.07, 6.45) is 5.27. The number of hydrogen-bond acceptors (Lipinski definition) is 4. The zero-order chi connectivity index (χ0) is 22.8. The van der Waals surface area contributed by atoms with Crippen LogP contribution in [0.4, 0.5) is 5.69 Å². The lowest BCUT2D eigenvalue weighted by molar-refractivity contribution is -0.0375. The molecule has 0 amide bonds. The van der Waals surface area contributed by atoms with Crippen molar-refractivity contribution in [3.63, 3.8) is 0 Å². The minimum absolute atomic E-state index is 0.353. The Bertz CT molecular complexity index is 1240. The Kier molecular flexibility index (Phi) is 6.30. The molecule has 3 aromatic carbocycles. The third-order valence-corrected chi connectivity index (χ3v) is 6.78. The van der Waals surface area contributed by atoms with Crippen LogP contribution in [0.5, 0.6) is 0 Å². The normalized spacial score (nSPS) is 16.2. The van der Waals surface area contributed by atoms with E-state index < -0.39 is 5.54 Å². The van der Waals surface area contributed by atoms with Crippen molar-refractivity contribution in [1.82, 2.24) is 9.55 Å². The van der Waals surface area contributed by atoms with Gasteiger partial charge >= 0.3 is 0 Å². The molecule has 1 saturated heterocycles. The maximum Gasteiger partial charge on any atom is 0.175 e. The lowest BCUT2D eigenvalue weighted by Crippen LogP contribution is -2.50. The molecule has 0 radical (unpaired) electrons. The first kappa shape index (κ1) is 22.2. The van der Waals surface area contributed by atoms with Gasteiger partial charge in [0.15, 0.2) is 6.29 Å². The van der Waals surface area contributed by atoms with Gasteiger partial charge in [0.2, 0.25) is 0 Å². The van der Waals surface area contributed by atoms with Crippen LogP contribution in [-0.4, -0.2) is 35.6 Å². The van der Waals surface area contributed by atoms with Crippen LogP contribution in [0, 0.1) is 0 Å². The Morgan fingerprint density at radius 2 is 1.85 bits per heavy atom. The fourth-order valence-corrected chi connectivity index (χ4v) is 5.18. The number of fused-ring (bicyclic) bond motifs is 1. The molecule has 1 aromatic heterocycles. The molecule has 0 spiro atoms. The standard InChI is InChI=1S/C26H25Cl2N3O2/c1-26(17-30-12-11-29-18-30,22-8-4-6-19-5-2-3-7-21(19)22)31(16-25-32-13-14-33-25)24-10-9-20(27)15-23(24)28/h2-12,15,18,25H,13-14,16-17H2,1H3. The number of imidazole rings is 1. The van der Waals surface area contributed by atoms with Gasteiger partial charge in [0.05, 0.1) is 48.9 Å². The Morgan fingerprint density at radius 3 is 2.61 bits per heavy atom. The SMILES string of the molecule is CC(Cn1ccnc1)(c1cccc2ccccc12)N(CC1OCCO1)c1ccc(Cl)cc1Cl. The van der Waals surface area contributed by atoms with Gasteiger partial charge in [-0.1, -0.05) is 65.7 Å². The molecule has 7 heteroatoms. The zero-order valence-electron chi connectivity index (χ0n) is 18.3. The average Bonchev–Trinajstić information content (AvgIpc) is 3.52. The first-order valence-electron chi connectivity index (χ1n) is 10.9. The van der Waals surface area contributed by atoms with E-state index in [1.54, 1.807) is 12.3 Å². The third-order valence-electron chi connectivity index (χ3n) is 6.24. The van der Waals surface area contributed by atoms with E-state index in [0.29, 0.717) is 36.3 Å². The van der Waals surface area contributed by atoms with Gasteiger partial charge in [-0.25, -0.2) is 4.98 Å². The first-order valence-corrected chi connectivity index (χ1v) is 11.7. The molecule has 1 fully saturated rings. The van der Waals surface area contributed by atoms with Crippen LogP contribution < -0.4 is 4.90 Å². The van der Waals surface area contributed by atoms with E-state index in [-0.39, 0.29) is 6.29 Å². The molecule has 1 aliphatic rings. The molecule has 0 bridgehead atoms. The smallest absolute Gasteiger partial charge is 0.175 e. The molecule has 0 saturated carbocycles. The summed E-state index contributed by atoms with van der Waals surface area (Å²) in [4.78, 5) is 6.56. The minimum atomic E-state index is -0.520. The van der Waals surface area contributed by atoms with Gasteiger partial charge < -0.3 is 18.9 Å². The number of aromatic nitrogens is 2. The van der Waals surface area contributed by atoms with Gasteiger partial charge in [-0.15, -0.1) is 0 Å². The van der Waals surface area contributed by atoms with Gasteiger partial charge in [-0.3, -0.25) is 0 Å². The van der Waals surface area contributed by atoms with Gasteiger partial charge in [0, 0.05) is 17.4 Å². The molecule has 5 nitrogen and oxygen atoms in total. The molecule has 1 unspecified atom stereocenters. The summed E-state index contributed by atoms with van der Waals surface area (Å²) >= 11 is 13.0. The van der Waals surface area contributed by atoms with Gasteiger partial charge in [0.25, 0.3) is 0 Å². The molecule has 170 valence electrons. The number of benzene rings is 3. The van der Waals surface area contributed by atoms with Crippen molar-refractivity contribution < 1.29 is 9.47 Å². The minimum Gasteiger partial charge on any atom is -0.354 e. The van der Waals surface area contributed by atoms with E-state index in [9.17, 15) is 0 Å². The third kappa shape index (κ3) is 4.46. The van der Waals surface area contributed by atoms with Crippen LogP contribution >= 0.6 is 23.2 Å². The number of halogens is 2. The molecular weight excluding hydrogens is 457 g/mol. The highest BCUT2D eigenvalue weighted by Crippen LogP contribution is 2.42. The van der Waals surface area contributed by atoms with Gasteiger partial charge in [0.1, 0.15) is 0 Å². The lowest BCUT2D eigenvalue weighted by atomic mass is 9.85. The Hall–Kier alpha value is -2.57. The molecule has 0 aliphatic carbocycles. The molecule has 4 aromatic rings. The van der Waals surface area contributed by atoms with E-state index >= 15 is 0 Å². The maximum absolute atomic E-state index is 6.78. The summed E-state index contributed by atoms with van der Waals surface area (Å²) in [7, 11) is 0. The monoisotopic (exact) mass is 481 g/mol. The summed E-state index contributed by atoms with van der Waals surface area (Å²) in [5.74, 6) is 0. The number of nitrogens with zero attached hydrogens (tertiary/aromatic N) is 3. The van der Waals surface area contributed by atoms with Crippen molar-refractivity contribution in [3.8, 4) is 0 Å². The van der Waals surface area contributed by atoms with E-state index in [2.05, 4.69) is 63.8 Å². The van der Waals surface area contributed by atoms with Crippen LogP contribution in [-0.2, 0) is 21.6 Å². The van der Waals surface area contributed by atoms with Gasteiger partial charge in [-0.05, 0) is 41.5 Å². The van der Waals surface area contributed by atoms with Crippen molar-refractivity contribution in [2.45, 2.75) is 25.3 Å². The highest BCUT2D eigenvalue weighted by Gasteiger charge is 2.39. The zero-order valence-corrected chi connectivity index (χ0v) is 19.8. The number of rotatable bonds is 7. The van der Waals surface area contributed by atoms with Crippen molar-refractivity contribution in [2.24, 2.45) is 0 Å². The highest BCUT2D eigenvalue weighted by molar-refractivity contribution is 6.36. The van der Waals surface area contributed by atoms with E-state index in [4.69, 9.17) is 32.7 Å². The predicted molar refractivity (Wildman–Crippen MR) is 133 cm³/mol. The molecule has 0 N–H and O–H groups in total. The fraction of sp³-hybridized carbons (Fsp3) is 0.269. The summed E-state index contributed by atoms with van der Waals surface area (Å²) in [5.41, 5.74) is 1.53. The lowest BCUT2D eigenvalue weighted by Gasteiger charge is -2.45. The molecule has 2 heterocycles. The van der Waals surface area contributed by atoms with Gasteiger partial charge in [-0.2, -0.15) is 0 Å². The molecule has 33 heavy (non-hydrogen) atoms. The van der Waals surface area contributed by atoms with Crippen LogP contribution in [0.15, 0.2) is 79.4 Å². The van der Waals surface area contributed by atoms with Crippen LogP contribution in [0.3, 0.4) is 0 Å². The number of hydrogen-bond donors (Lipinski definition) is 0. The second-order valence-corrected chi connectivity index (χ2v) is 9.26. The van der Waals surface area contributed by atoms with Crippen molar-refractivity contribution in [1.29, 1.82) is 0 Å². The molecule has 1 aliphatic heterocycles. The fourth-order valence-electron chi connectivity index (χ4n) is 4.67. The Balaban J connectivity index is 1.72. The number of anilines is 1. The van der Waals surface area contributed by atoms with Crippen molar-refractivity contribution in [2.75, 3.05) is 24.7 Å². The van der Waals surface area contributed by atoms with E-state index in [1.807, 2.05) is 24.7 Å². The molecule has 5 rings (SSSR count). The highest BCUT2D eigenvalue weighted by atomic mass is 35.5. The second kappa shape index (κ2) is 9.35. The van der Waals surface area contributed by atoms with Crippen LogP contribution in [0.2, 0.25) is 10.0 Å². The summed E-state index contributed by atoms with van der Waals surface area (Å²) in [5, 5.41) is 3.55. The molecular formula is C26H25Cl2N3O2. The van der Waals surface area contributed by atoms with Crippen molar-refractivity contribution in [3.05, 3.63) is 95.0 Å². The summed E-state index contributed by atoms with van der Waals surface area (Å²) < 4.78 is 13.8. The number of ether oxygens (including phenoxy) is 2. The Morgan fingerprint density at radius 1 is 1.06 bits per heavy atom. The molecule has 1 atom stereocenters. The average molecular weight is 482 g/mol.